The Labute approximate surface area is 211 Å². The molecule has 3 aromatic heterocycles. The number of likely N-dealkylation sites (tertiary alicyclic amines) is 1. The number of carbonyl (C=O) groups excluding carboxylic acids is 2. The van der Waals surface area contributed by atoms with Crippen LogP contribution < -0.4 is 0 Å². The van der Waals surface area contributed by atoms with E-state index < -0.39 is 11.9 Å². The van der Waals surface area contributed by atoms with Crippen LogP contribution in [0.15, 0.2) is 24.4 Å². The van der Waals surface area contributed by atoms with Crippen LogP contribution in [-0.2, 0) is 33.7 Å². The monoisotopic (exact) mass is 519 g/mol. The molecule has 10 heteroatoms. The van der Waals surface area contributed by atoms with E-state index in [0.717, 1.165) is 10.9 Å². The molecule has 2 atom stereocenters. The number of aryl methyl sites for hydroxylation is 1. The van der Waals surface area contributed by atoms with Crippen molar-refractivity contribution in [2.45, 2.75) is 53.9 Å². The lowest BCUT2D eigenvalue weighted by atomic mass is 9.98. The first kappa shape index (κ1) is 26.2. The maximum Gasteiger partial charge on any atom is 0.433 e. The molecule has 5 rings (SSSR count). The summed E-state index contributed by atoms with van der Waals surface area (Å²) in [4.78, 5) is 35.6. The van der Waals surface area contributed by atoms with E-state index in [1.165, 1.54) is 36.5 Å². The number of imide groups is 1. The number of rotatable bonds is 5. The number of halogens is 3. The number of methoxy groups -OCH3 is 1. The molecule has 0 bridgehead atoms. The molecular weight excluding hydrogens is 491 g/mol. The second-order valence-electron chi connectivity index (χ2n) is 9.37. The van der Waals surface area contributed by atoms with E-state index in [9.17, 15) is 22.8 Å². The summed E-state index contributed by atoms with van der Waals surface area (Å²) in [5.41, 5.74) is 1.08. The topological polar surface area (TPSA) is 72.4 Å². The normalized spacial score (nSPS) is 20.4. The molecule has 0 aromatic carbocycles. The summed E-state index contributed by atoms with van der Waals surface area (Å²) in [6.07, 6.45) is -3.05. The van der Waals surface area contributed by atoms with Crippen LogP contribution in [0.4, 0.5) is 13.2 Å². The Balaban J connectivity index is 0.00000148. The highest BCUT2D eigenvalue weighted by molar-refractivity contribution is 7.19. The lowest BCUT2D eigenvalue weighted by molar-refractivity contribution is -0.144. The number of piperidine rings is 1. The predicted octanol–water partition coefficient (Wildman–Crippen LogP) is 6.00. The van der Waals surface area contributed by atoms with Gasteiger partial charge in [0.25, 0.3) is 0 Å². The van der Waals surface area contributed by atoms with Gasteiger partial charge in [-0.1, -0.05) is 27.7 Å². The maximum atomic E-state index is 13.5. The average Bonchev–Trinajstić information content (AvgIpc) is 3.06. The van der Waals surface area contributed by atoms with E-state index in [-0.39, 0.29) is 47.9 Å². The summed E-state index contributed by atoms with van der Waals surface area (Å²) in [6.45, 7) is 9.62. The molecule has 2 aliphatic rings. The lowest BCUT2D eigenvalue weighted by Gasteiger charge is -2.19. The molecule has 2 fully saturated rings. The fourth-order valence-electron chi connectivity index (χ4n) is 5.00. The smallest absolute Gasteiger partial charge is 0.380 e. The summed E-state index contributed by atoms with van der Waals surface area (Å²) in [6, 6.07) is 4.49. The van der Waals surface area contributed by atoms with Gasteiger partial charge in [-0.2, -0.15) is 13.2 Å². The fourth-order valence-corrected chi connectivity index (χ4v) is 6.13. The van der Waals surface area contributed by atoms with Gasteiger partial charge in [-0.25, -0.2) is 4.98 Å². The number of pyridine rings is 2. The fraction of sp³-hybridized carbons (Fsp3) is 0.462. The second-order valence-corrected chi connectivity index (χ2v) is 10.5. The summed E-state index contributed by atoms with van der Waals surface area (Å²) in [7, 11) is 1.47. The number of thiophene rings is 1. The van der Waals surface area contributed by atoms with E-state index in [2.05, 4.69) is 9.97 Å². The van der Waals surface area contributed by atoms with E-state index in [1.54, 1.807) is 12.1 Å². The zero-order valence-electron chi connectivity index (χ0n) is 21.0. The average molecular weight is 520 g/mol. The number of hydrogen-bond donors (Lipinski definition) is 0. The summed E-state index contributed by atoms with van der Waals surface area (Å²) < 4.78 is 46.5. The molecule has 2 unspecified atom stereocenters. The first-order valence-corrected chi connectivity index (χ1v) is 12.6. The molecule has 36 heavy (non-hydrogen) atoms. The third-order valence-electron chi connectivity index (χ3n) is 6.87. The highest BCUT2D eigenvalue weighted by Crippen LogP contribution is 2.63. The van der Waals surface area contributed by atoms with Crippen molar-refractivity contribution in [1.82, 2.24) is 14.9 Å². The molecule has 1 aliphatic carbocycles. The lowest BCUT2D eigenvalue weighted by Crippen LogP contribution is -2.35. The molecule has 2 amide bonds. The number of ether oxygens (including phenoxy) is 1. The molecule has 3 aromatic rings. The van der Waals surface area contributed by atoms with Crippen LogP contribution >= 0.6 is 11.3 Å². The molecule has 0 spiro atoms. The predicted molar refractivity (Wildman–Crippen MR) is 131 cm³/mol. The molecule has 0 N–H and O–H groups in total. The SMILES string of the molecule is CC.COCc1c(-c2ccnc3cc(CN4C(=O)C5C(C4=O)C5(C)C)sc23)cc(C(F)(F)F)nc1C. The molecule has 192 valence electrons. The standard InChI is InChI=1S/C24H22F3N3O3S.C2H6/c1-11-15(10-33-4)14(8-17(29-11)24(25,26)27)13-5-6-28-16-7-12(34-20(13)16)9-30-21(31)18-19(22(30)32)23(18,2)3;1-2/h5-8,18-19H,9-10H2,1-4H3;1-2H3. The van der Waals surface area contributed by atoms with Crippen molar-refractivity contribution in [2.75, 3.05) is 7.11 Å². The van der Waals surface area contributed by atoms with E-state index in [1.807, 2.05) is 27.7 Å². The van der Waals surface area contributed by atoms with Gasteiger partial charge in [0.1, 0.15) is 5.69 Å². The number of aromatic nitrogens is 2. The van der Waals surface area contributed by atoms with Gasteiger partial charge in [-0.05, 0) is 36.1 Å². The van der Waals surface area contributed by atoms with E-state index in [4.69, 9.17) is 4.74 Å². The zero-order valence-corrected chi connectivity index (χ0v) is 21.8. The van der Waals surface area contributed by atoms with Crippen LogP contribution in [0, 0.1) is 24.2 Å². The van der Waals surface area contributed by atoms with Crippen LogP contribution in [0.1, 0.15) is 49.5 Å². The third-order valence-corrected chi connectivity index (χ3v) is 8.01. The van der Waals surface area contributed by atoms with Gasteiger partial charge < -0.3 is 4.74 Å². The number of fused-ring (bicyclic) bond motifs is 2. The van der Waals surface area contributed by atoms with Crippen molar-refractivity contribution in [1.29, 1.82) is 0 Å². The van der Waals surface area contributed by atoms with E-state index >= 15 is 0 Å². The van der Waals surface area contributed by atoms with Crippen molar-refractivity contribution < 1.29 is 27.5 Å². The number of hydrogen-bond acceptors (Lipinski definition) is 6. The van der Waals surface area contributed by atoms with Gasteiger partial charge in [0.05, 0.1) is 35.2 Å². The van der Waals surface area contributed by atoms with Crippen LogP contribution in [0.3, 0.4) is 0 Å². The van der Waals surface area contributed by atoms with Gasteiger partial charge in [0.15, 0.2) is 0 Å². The van der Waals surface area contributed by atoms with Gasteiger partial charge in [0.2, 0.25) is 11.8 Å². The van der Waals surface area contributed by atoms with Crippen molar-refractivity contribution in [3.05, 3.63) is 46.2 Å². The Morgan fingerprint density at radius 1 is 1.11 bits per heavy atom. The number of alkyl halides is 3. The number of nitrogens with zero attached hydrogens (tertiary/aromatic N) is 3. The molecular formula is C26H28F3N3O3S. The first-order valence-electron chi connectivity index (χ1n) is 11.7. The van der Waals surface area contributed by atoms with Crippen molar-refractivity contribution in [3.63, 3.8) is 0 Å². The molecule has 1 aliphatic heterocycles. The Morgan fingerprint density at radius 3 is 2.33 bits per heavy atom. The molecule has 4 heterocycles. The van der Waals surface area contributed by atoms with E-state index in [0.29, 0.717) is 26.9 Å². The molecule has 6 nitrogen and oxygen atoms in total. The first-order chi connectivity index (χ1) is 16.9. The minimum atomic E-state index is -4.59. The minimum Gasteiger partial charge on any atom is -0.380 e. The summed E-state index contributed by atoms with van der Waals surface area (Å²) in [5.74, 6) is -0.847. The minimum absolute atomic E-state index is 0.101. The van der Waals surface area contributed by atoms with Crippen LogP contribution in [0.5, 0.6) is 0 Å². The van der Waals surface area contributed by atoms with Crippen LogP contribution in [0.25, 0.3) is 21.3 Å². The van der Waals surface area contributed by atoms with Crippen molar-refractivity contribution in [3.8, 4) is 11.1 Å². The largest absolute Gasteiger partial charge is 0.433 e. The number of amides is 2. The highest BCUT2D eigenvalue weighted by Gasteiger charge is 2.72. The highest BCUT2D eigenvalue weighted by atomic mass is 32.1. The number of carbonyl (C=O) groups is 2. The van der Waals surface area contributed by atoms with Crippen LogP contribution in [-0.4, -0.2) is 33.8 Å². The second kappa shape index (κ2) is 9.23. The zero-order chi connectivity index (χ0) is 26.6. The molecule has 1 saturated carbocycles. The van der Waals surface area contributed by atoms with Crippen molar-refractivity contribution >= 4 is 33.4 Å². The van der Waals surface area contributed by atoms with Gasteiger partial charge in [-0.3, -0.25) is 19.5 Å². The maximum absolute atomic E-state index is 13.5. The van der Waals surface area contributed by atoms with Gasteiger partial charge >= 0.3 is 6.18 Å². The Hall–Kier alpha value is -2.85. The van der Waals surface area contributed by atoms with Crippen molar-refractivity contribution in [2.24, 2.45) is 17.3 Å². The quantitative estimate of drug-likeness (QED) is 0.387. The van der Waals surface area contributed by atoms with Gasteiger partial charge in [0, 0.05) is 35.0 Å². The Kier molecular flexibility index (Phi) is 6.72. The Bertz CT molecular complexity index is 1330. The summed E-state index contributed by atoms with van der Waals surface area (Å²) >= 11 is 1.32. The molecule has 0 radical (unpaired) electrons. The van der Waals surface area contributed by atoms with Crippen LogP contribution in [0.2, 0.25) is 0 Å². The van der Waals surface area contributed by atoms with Gasteiger partial charge in [-0.15, -0.1) is 11.3 Å². The molecule has 1 saturated heterocycles. The Morgan fingerprint density at radius 2 is 1.75 bits per heavy atom. The summed E-state index contributed by atoms with van der Waals surface area (Å²) in [5, 5.41) is 0. The third kappa shape index (κ3) is 4.20.